The standard InChI is InChI=1S/C13H16FN3/c1-9-16-12-5-4-10(14)7-13(12)17(9)8-11-3-2-6-15-11/h4-5,7,11,15H,2-3,6,8H2,1H3. The van der Waals surface area contributed by atoms with E-state index in [1.54, 1.807) is 12.1 Å². The van der Waals surface area contributed by atoms with Gasteiger partial charge in [0.05, 0.1) is 11.0 Å². The molecule has 3 rings (SSSR count). The molecule has 1 aromatic carbocycles. The minimum Gasteiger partial charge on any atom is -0.327 e. The van der Waals surface area contributed by atoms with Crippen molar-refractivity contribution in [3.8, 4) is 0 Å². The molecule has 0 aliphatic carbocycles. The fourth-order valence-electron chi connectivity index (χ4n) is 2.58. The van der Waals surface area contributed by atoms with Gasteiger partial charge in [-0.15, -0.1) is 0 Å². The summed E-state index contributed by atoms with van der Waals surface area (Å²) in [6.07, 6.45) is 2.42. The van der Waals surface area contributed by atoms with Gasteiger partial charge in [-0.25, -0.2) is 9.37 Å². The highest BCUT2D eigenvalue weighted by atomic mass is 19.1. The van der Waals surface area contributed by atoms with Crippen LogP contribution in [0.15, 0.2) is 18.2 Å². The van der Waals surface area contributed by atoms with Crippen LogP contribution >= 0.6 is 0 Å². The minimum atomic E-state index is -0.196. The molecule has 1 fully saturated rings. The van der Waals surface area contributed by atoms with E-state index in [0.717, 1.165) is 29.9 Å². The van der Waals surface area contributed by atoms with Crippen molar-refractivity contribution in [2.45, 2.75) is 32.4 Å². The minimum absolute atomic E-state index is 0.196. The Morgan fingerprint density at radius 1 is 1.53 bits per heavy atom. The lowest BCUT2D eigenvalue weighted by Crippen LogP contribution is -2.27. The molecule has 17 heavy (non-hydrogen) atoms. The summed E-state index contributed by atoms with van der Waals surface area (Å²) in [6.45, 7) is 3.95. The zero-order valence-corrected chi connectivity index (χ0v) is 9.91. The number of hydrogen-bond acceptors (Lipinski definition) is 2. The number of rotatable bonds is 2. The topological polar surface area (TPSA) is 29.9 Å². The Morgan fingerprint density at radius 3 is 3.18 bits per heavy atom. The maximum atomic E-state index is 13.3. The summed E-state index contributed by atoms with van der Waals surface area (Å²) < 4.78 is 15.4. The highest BCUT2D eigenvalue weighted by molar-refractivity contribution is 5.76. The lowest BCUT2D eigenvalue weighted by molar-refractivity contribution is 0.509. The van der Waals surface area contributed by atoms with Crippen molar-refractivity contribution >= 4 is 11.0 Å². The molecule has 1 saturated heterocycles. The Kier molecular flexibility index (Phi) is 2.59. The van der Waals surface area contributed by atoms with Gasteiger partial charge in [-0.3, -0.25) is 0 Å². The average Bonchev–Trinajstić information content (AvgIpc) is 2.90. The normalized spacial score (nSPS) is 20.2. The monoisotopic (exact) mass is 233 g/mol. The highest BCUT2D eigenvalue weighted by Crippen LogP contribution is 2.19. The third kappa shape index (κ3) is 1.93. The maximum Gasteiger partial charge on any atom is 0.125 e. The van der Waals surface area contributed by atoms with Gasteiger partial charge in [0.1, 0.15) is 11.6 Å². The number of nitrogens with zero attached hydrogens (tertiary/aromatic N) is 2. The van der Waals surface area contributed by atoms with Crippen LogP contribution in [0.1, 0.15) is 18.7 Å². The van der Waals surface area contributed by atoms with E-state index in [9.17, 15) is 4.39 Å². The molecule has 0 bridgehead atoms. The third-order valence-electron chi connectivity index (χ3n) is 3.47. The van der Waals surface area contributed by atoms with Crippen molar-refractivity contribution < 1.29 is 4.39 Å². The Bertz CT molecular complexity index is 541. The number of fused-ring (bicyclic) bond motifs is 1. The summed E-state index contributed by atoms with van der Waals surface area (Å²) >= 11 is 0. The van der Waals surface area contributed by atoms with Crippen molar-refractivity contribution in [1.29, 1.82) is 0 Å². The van der Waals surface area contributed by atoms with Gasteiger partial charge in [-0.05, 0) is 44.5 Å². The second-order valence-corrected chi connectivity index (χ2v) is 4.70. The summed E-state index contributed by atoms with van der Waals surface area (Å²) in [7, 11) is 0. The van der Waals surface area contributed by atoms with Gasteiger partial charge in [0.2, 0.25) is 0 Å². The van der Waals surface area contributed by atoms with E-state index in [1.165, 1.54) is 18.9 Å². The Balaban J connectivity index is 2.01. The first kappa shape index (κ1) is 10.7. The molecular weight excluding hydrogens is 217 g/mol. The van der Waals surface area contributed by atoms with Crippen LogP contribution in [0.3, 0.4) is 0 Å². The van der Waals surface area contributed by atoms with Crippen LogP contribution in [-0.4, -0.2) is 22.1 Å². The molecule has 1 atom stereocenters. The van der Waals surface area contributed by atoms with E-state index in [1.807, 2.05) is 6.92 Å². The van der Waals surface area contributed by atoms with Crippen LogP contribution in [0.2, 0.25) is 0 Å². The van der Waals surface area contributed by atoms with Crippen molar-refractivity contribution in [2.75, 3.05) is 6.54 Å². The molecule has 0 saturated carbocycles. The first-order chi connectivity index (χ1) is 8.24. The van der Waals surface area contributed by atoms with Gasteiger partial charge in [0.25, 0.3) is 0 Å². The summed E-state index contributed by atoms with van der Waals surface area (Å²) in [6, 6.07) is 5.28. The van der Waals surface area contributed by atoms with E-state index in [4.69, 9.17) is 0 Å². The molecule has 1 N–H and O–H groups in total. The summed E-state index contributed by atoms with van der Waals surface area (Å²) in [5.41, 5.74) is 1.78. The highest BCUT2D eigenvalue weighted by Gasteiger charge is 2.17. The van der Waals surface area contributed by atoms with Crippen molar-refractivity contribution in [3.05, 3.63) is 29.8 Å². The van der Waals surface area contributed by atoms with Gasteiger partial charge in [-0.1, -0.05) is 0 Å². The van der Waals surface area contributed by atoms with Crippen molar-refractivity contribution in [1.82, 2.24) is 14.9 Å². The molecule has 1 aliphatic heterocycles. The van der Waals surface area contributed by atoms with Crippen LogP contribution in [0.25, 0.3) is 11.0 Å². The number of aromatic nitrogens is 2. The second kappa shape index (κ2) is 4.11. The van der Waals surface area contributed by atoms with Gasteiger partial charge in [0.15, 0.2) is 0 Å². The molecule has 0 amide bonds. The fraction of sp³-hybridized carbons (Fsp3) is 0.462. The lowest BCUT2D eigenvalue weighted by Gasteiger charge is -2.13. The van der Waals surface area contributed by atoms with Gasteiger partial charge < -0.3 is 9.88 Å². The van der Waals surface area contributed by atoms with Crippen LogP contribution in [0, 0.1) is 12.7 Å². The molecule has 2 heterocycles. The molecule has 3 nitrogen and oxygen atoms in total. The Hall–Kier alpha value is -1.42. The molecule has 4 heteroatoms. The summed E-state index contributed by atoms with van der Waals surface area (Å²) in [5.74, 6) is 0.761. The quantitative estimate of drug-likeness (QED) is 0.862. The SMILES string of the molecule is Cc1nc2ccc(F)cc2n1CC1CCCN1. The van der Waals surface area contributed by atoms with Gasteiger partial charge in [-0.2, -0.15) is 0 Å². The summed E-state index contributed by atoms with van der Waals surface area (Å²) in [4.78, 5) is 4.46. The maximum absolute atomic E-state index is 13.3. The van der Waals surface area contributed by atoms with Gasteiger partial charge >= 0.3 is 0 Å². The predicted molar refractivity (Wildman–Crippen MR) is 65.5 cm³/mol. The number of halogens is 1. The molecule has 0 spiro atoms. The third-order valence-corrected chi connectivity index (χ3v) is 3.47. The van der Waals surface area contributed by atoms with Crippen LogP contribution < -0.4 is 5.32 Å². The zero-order chi connectivity index (χ0) is 11.8. The predicted octanol–water partition coefficient (Wildman–Crippen LogP) is 2.24. The lowest BCUT2D eigenvalue weighted by atomic mass is 10.2. The van der Waals surface area contributed by atoms with Gasteiger partial charge in [0, 0.05) is 12.6 Å². The van der Waals surface area contributed by atoms with E-state index in [-0.39, 0.29) is 5.82 Å². The first-order valence-electron chi connectivity index (χ1n) is 6.10. The van der Waals surface area contributed by atoms with Crippen LogP contribution in [0.5, 0.6) is 0 Å². The van der Waals surface area contributed by atoms with E-state index < -0.39 is 0 Å². The fourth-order valence-corrected chi connectivity index (χ4v) is 2.58. The first-order valence-corrected chi connectivity index (χ1v) is 6.10. The average molecular weight is 233 g/mol. The molecule has 1 aromatic heterocycles. The number of benzene rings is 1. The number of nitrogens with one attached hydrogen (secondary N) is 1. The van der Waals surface area contributed by atoms with Crippen molar-refractivity contribution in [3.63, 3.8) is 0 Å². The number of aryl methyl sites for hydroxylation is 1. The van der Waals surface area contributed by atoms with Crippen LogP contribution in [-0.2, 0) is 6.54 Å². The molecule has 1 aliphatic rings. The largest absolute Gasteiger partial charge is 0.327 e. The smallest absolute Gasteiger partial charge is 0.125 e. The van der Waals surface area contributed by atoms with E-state index >= 15 is 0 Å². The number of imidazole rings is 1. The number of hydrogen-bond donors (Lipinski definition) is 1. The molecular formula is C13H16FN3. The molecule has 2 aromatic rings. The molecule has 1 unspecified atom stereocenters. The van der Waals surface area contributed by atoms with Crippen LogP contribution in [0.4, 0.5) is 4.39 Å². The Morgan fingerprint density at radius 2 is 2.41 bits per heavy atom. The second-order valence-electron chi connectivity index (χ2n) is 4.70. The molecule has 0 radical (unpaired) electrons. The van der Waals surface area contributed by atoms with Crippen molar-refractivity contribution in [2.24, 2.45) is 0 Å². The Labute approximate surface area is 99.7 Å². The van der Waals surface area contributed by atoms with E-state index in [0.29, 0.717) is 6.04 Å². The summed E-state index contributed by atoms with van der Waals surface area (Å²) in [5, 5.41) is 3.46. The zero-order valence-electron chi connectivity index (χ0n) is 9.91. The van der Waals surface area contributed by atoms with E-state index in [2.05, 4.69) is 14.9 Å². The molecule has 90 valence electrons.